The van der Waals surface area contributed by atoms with Crippen molar-refractivity contribution < 1.29 is 18.0 Å². The van der Waals surface area contributed by atoms with Gasteiger partial charge in [-0.25, -0.2) is 8.42 Å². The van der Waals surface area contributed by atoms with Gasteiger partial charge in [0.2, 0.25) is 21.8 Å². The van der Waals surface area contributed by atoms with E-state index < -0.39 is 34.4 Å². The van der Waals surface area contributed by atoms with E-state index in [4.69, 9.17) is 46.4 Å². The van der Waals surface area contributed by atoms with Crippen LogP contribution in [0.4, 0.5) is 5.69 Å². The third-order valence-electron chi connectivity index (χ3n) is 5.10. The van der Waals surface area contributed by atoms with Gasteiger partial charge in [-0.2, -0.15) is 0 Å². The molecule has 0 saturated heterocycles. The maximum absolute atomic E-state index is 13.5. The van der Waals surface area contributed by atoms with Crippen molar-refractivity contribution in [3.63, 3.8) is 0 Å². The molecule has 7 nitrogen and oxygen atoms in total. The van der Waals surface area contributed by atoms with Crippen LogP contribution in [0.25, 0.3) is 0 Å². The van der Waals surface area contributed by atoms with Gasteiger partial charge >= 0.3 is 0 Å². The summed E-state index contributed by atoms with van der Waals surface area (Å²) in [5.74, 6) is -0.851. The average molecular weight is 583 g/mol. The molecule has 1 unspecified atom stereocenters. The van der Waals surface area contributed by atoms with Gasteiger partial charge in [-0.1, -0.05) is 66.3 Å². The lowest BCUT2D eigenvalue weighted by atomic mass is 10.1. The Morgan fingerprint density at radius 2 is 1.57 bits per heavy atom. The van der Waals surface area contributed by atoms with Gasteiger partial charge in [0, 0.05) is 33.7 Å². The summed E-state index contributed by atoms with van der Waals surface area (Å²) in [6.45, 7) is 5.13. The number of hydrogen-bond acceptors (Lipinski definition) is 4. The van der Waals surface area contributed by atoms with Crippen LogP contribution in [-0.2, 0) is 26.2 Å². The van der Waals surface area contributed by atoms with E-state index >= 15 is 0 Å². The van der Waals surface area contributed by atoms with E-state index in [-0.39, 0.29) is 23.2 Å². The van der Waals surface area contributed by atoms with Crippen molar-refractivity contribution in [3.8, 4) is 0 Å². The van der Waals surface area contributed by atoms with Gasteiger partial charge < -0.3 is 10.2 Å². The second-order valence-corrected chi connectivity index (χ2v) is 12.0. The number of anilines is 1. The summed E-state index contributed by atoms with van der Waals surface area (Å²) < 4.78 is 26.1. The van der Waals surface area contributed by atoms with Crippen molar-refractivity contribution in [1.82, 2.24) is 10.2 Å². The highest BCUT2D eigenvalue weighted by atomic mass is 35.5. The first kappa shape index (κ1) is 29.5. The second kappa shape index (κ2) is 12.5. The van der Waals surface area contributed by atoms with Crippen LogP contribution < -0.4 is 9.62 Å². The lowest BCUT2D eigenvalue weighted by Crippen LogP contribution is -2.51. The first-order valence-corrected chi connectivity index (χ1v) is 14.0. The average Bonchev–Trinajstić information content (AvgIpc) is 2.74. The number of halogens is 4. The number of rotatable bonds is 10. The number of sulfonamides is 1. The molecule has 0 aromatic heterocycles. The van der Waals surface area contributed by atoms with E-state index in [1.807, 2.05) is 13.8 Å². The Bertz CT molecular complexity index is 1170. The van der Waals surface area contributed by atoms with Crippen LogP contribution in [0.1, 0.15) is 26.3 Å². The third kappa shape index (κ3) is 8.15. The minimum absolute atomic E-state index is 0.0548. The minimum atomic E-state index is -3.93. The standard InChI is InChI=1S/C23H27Cl4N3O4S/c1-14(2)11-28-23(32)15(3)29(12-17-18(25)6-5-7-19(17)26)22(31)13-30(35(4,33)34)21-9-8-16(24)10-20(21)27/h5-10,14-15H,11-13H2,1-4H3,(H,28,32). The summed E-state index contributed by atoms with van der Waals surface area (Å²) in [7, 11) is -3.93. The van der Waals surface area contributed by atoms with Gasteiger partial charge in [-0.3, -0.25) is 13.9 Å². The Balaban J connectivity index is 2.46. The first-order chi connectivity index (χ1) is 16.2. The first-order valence-electron chi connectivity index (χ1n) is 10.6. The lowest BCUT2D eigenvalue weighted by Gasteiger charge is -2.32. The molecule has 0 heterocycles. The zero-order valence-electron chi connectivity index (χ0n) is 19.7. The molecule has 1 atom stereocenters. The minimum Gasteiger partial charge on any atom is -0.354 e. The molecule has 0 fully saturated rings. The Labute approximate surface area is 226 Å². The Morgan fingerprint density at radius 1 is 0.971 bits per heavy atom. The van der Waals surface area contributed by atoms with Crippen molar-refractivity contribution in [2.45, 2.75) is 33.4 Å². The number of carbonyl (C=O) groups is 2. The largest absolute Gasteiger partial charge is 0.354 e. The van der Waals surface area contributed by atoms with E-state index in [1.54, 1.807) is 25.1 Å². The molecule has 0 spiro atoms. The number of hydrogen-bond donors (Lipinski definition) is 1. The predicted octanol–water partition coefficient (Wildman–Crippen LogP) is 5.26. The normalized spacial score (nSPS) is 12.4. The third-order valence-corrected chi connectivity index (χ3v) is 7.47. The molecule has 35 heavy (non-hydrogen) atoms. The number of carbonyl (C=O) groups excluding carboxylic acids is 2. The molecule has 0 aliphatic carbocycles. The van der Waals surface area contributed by atoms with Gasteiger partial charge in [0.15, 0.2) is 0 Å². The van der Waals surface area contributed by atoms with Crippen molar-refractivity contribution in [2.24, 2.45) is 5.92 Å². The number of benzene rings is 2. The van der Waals surface area contributed by atoms with Crippen LogP contribution in [0.5, 0.6) is 0 Å². The Morgan fingerprint density at radius 3 is 2.09 bits per heavy atom. The number of nitrogens with zero attached hydrogens (tertiary/aromatic N) is 2. The van der Waals surface area contributed by atoms with Gasteiger partial charge in [0.05, 0.1) is 17.0 Å². The fraction of sp³-hybridized carbons (Fsp3) is 0.391. The van der Waals surface area contributed by atoms with E-state index in [1.165, 1.54) is 23.1 Å². The summed E-state index contributed by atoms with van der Waals surface area (Å²) in [6.07, 6.45) is 0.958. The molecule has 192 valence electrons. The lowest BCUT2D eigenvalue weighted by molar-refractivity contribution is -0.139. The van der Waals surface area contributed by atoms with Gasteiger partial charge in [-0.05, 0) is 43.2 Å². The Hall–Kier alpha value is -1.71. The van der Waals surface area contributed by atoms with E-state index in [9.17, 15) is 18.0 Å². The molecule has 2 aromatic carbocycles. The highest BCUT2D eigenvalue weighted by molar-refractivity contribution is 7.92. The summed E-state index contributed by atoms with van der Waals surface area (Å²) in [4.78, 5) is 27.6. The molecule has 0 aliphatic heterocycles. The zero-order chi connectivity index (χ0) is 26.5. The molecule has 2 rings (SSSR count). The van der Waals surface area contributed by atoms with Gasteiger partial charge in [0.25, 0.3) is 0 Å². The van der Waals surface area contributed by atoms with Crippen molar-refractivity contribution in [3.05, 3.63) is 62.1 Å². The van der Waals surface area contributed by atoms with Crippen LogP contribution >= 0.6 is 46.4 Å². The maximum atomic E-state index is 13.5. The smallest absolute Gasteiger partial charge is 0.244 e. The van der Waals surface area contributed by atoms with Crippen LogP contribution in [-0.4, -0.2) is 50.5 Å². The molecule has 0 radical (unpaired) electrons. The van der Waals surface area contributed by atoms with Crippen LogP contribution in [0, 0.1) is 5.92 Å². The number of amides is 2. The Kier molecular flexibility index (Phi) is 10.5. The topological polar surface area (TPSA) is 86.8 Å². The number of nitrogens with one attached hydrogen (secondary N) is 1. The molecule has 0 aliphatic rings. The quantitative estimate of drug-likeness (QED) is 0.414. The zero-order valence-corrected chi connectivity index (χ0v) is 23.5. The van der Waals surface area contributed by atoms with Crippen LogP contribution in [0.15, 0.2) is 36.4 Å². The summed E-state index contributed by atoms with van der Waals surface area (Å²) in [6, 6.07) is 8.20. The van der Waals surface area contributed by atoms with Crippen LogP contribution in [0.3, 0.4) is 0 Å². The second-order valence-electron chi connectivity index (χ2n) is 8.40. The van der Waals surface area contributed by atoms with E-state index in [0.29, 0.717) is 27.2 Å². The monoisotopic (exact) mass is 581 g/mol. The molecular formula is C23H27Cl4N3O4S. The molecular weight excluding hydrogens is 556 g/mol. The van der Waals surface area contributed by atoms with E-state index in [2.05, 4.69) is 5.32 Å². The predicted molar refractivity (Wildman–Crippen MR) is 143 cm³/mol. The summed E-state index contributed by atoms with van der Waals surface area (Å²) in [5.41, 5.74) is 0.516. The van der Waals surface area contributed by atoms with Gasteiger partial charge in [0.1, 0.15) is 12.6 Å². The highest BCUT2D eigenvalue weighted by Crippen LogP contribution is 2.31. The fourth-order valence-corrected chi connectivity index (χ4v) is 5.11. The highest BCUT2D eigenvalue weighted by Gasteiger charge is 2.31. The van der Waals surface area contributed by atoms with Crippen molar-refractivity contribution in [1.29, 1.82) is 0 Å². The molecule has 12 heteroatoms. The van der Waals surface area contributed by atoms with Crippen molar-refractivity contribution in [2.75, 3.05) is 23.7 Å². The summed E-state index contributed by atoms with van der Waals surface area (Å²) >= 11 is 24.8. The molecule has 0 saturated carbocycles. The van der Waals surface area contributed by atoms with E-state index in [0.717, 1.165) is 10.6 Å². The molecule has 1 N–H and O–H groups in total. The fourth-order valence-electron chi connectivity index (χ4n) is 3.17. The van der Waals surface area contributed by atoms with Gasteiger partial charge in [-0.15, -0.1) is 0 Å². The maximum Gasteiger partial charge on any atom is 0.244 e. The summed E-state index contributed by atoms with van der Waals surface area (Å²) in [5, 5.41) is 3.78. The molecule has 2 amide bonds. The van der Waals surface area contributed by atoms with Crippen LogP contribution in [0.2, 0.25) is 20.1 Å². The SMILES string of the molecule is CC(C)CNC(=O)C(C)N(Cc1c(Cl)cccc1Cl)C(=O)CN(c1ccc(Cl)cc1Cl)S(C)(=O)=O. The van der Waals surface area contributed by atoms with Crippen molar-refractivity contribution >= 4 is 73.9 Å². The molecule has 0 bridgehead atoms. The molecule has 2 aromatic rings.